The molecule has 1 aliphatic rings. The molecule has 86 valence electrons. The molecule has 0 unspecified atom stereocenters. The summed E-state index contributed by atoms with van der Waals surface area (Å²) < 4.78 is 5.23. The van der Waals surface area contributed by atoms with Gasteiger partial charge in [0, 0.05) is 0 Å². The van der Waals surface area contributed by atoms with Crippen LogP contribution in [-0.4, -0.2) is 12.6 Å². The molecule has 1 aromatic rings. The number of aryl methyl sites for hydroxylation is 2. The molecule has 1 aromatic carbocycles. The van der Waals surface area contributed by atoms with Crippen molar-refractivity contribution in [3.63, 3.8) is 0 Å². The summed E-state index contributed by atoms with van der Waals surface area (Å²) in [6, 6.07) is 5.70. The first-order valence-electron chi connectivity index (χ1n) is 5.91. The van der Waals surface area contributed by atoms with Gasteiger partial charge in [-0.2, -0.15) is 0 Å². The van der Waals surface area contributed by atoms with Gasteiger partial charge in [0.25, 0.3) is 0 Å². The summed E-state index contributed by atoms with van der Waals surface area (Å²) >= 11 is 0. The van der Waals surface area contributed by atoms with E-state index in [-0.39, 0.29) is 5.97 Å². The molecule has 0 radical (unpaired) electrons. The SMILES string of the molecule is Cc1ccc(C(=O)OCCC2CC2)cc1C. The normalized spacial score (nSPS) is 14.9. The lowest BCUT2D eigenvalue weighted by molar-refractivity contribution is 0.0495. The highest BCUT2D eigenvalue weighted by molar-refractivity contribution is 5.89. The van der Waals surface area contributed by atoms with Crippen LogP contribution >= 0.6 is 0 Å². The van der Waals surface area contributed by atoms with E-state index in [4.69, 9.17) is 4.74 Å². The fraction of sp³-hybridized carbons (Fsp3) is 0.500. The summed E-state index contributed by atoms with van der Waals surface area (Å²) in [5, 5.41) is 0. The van der Waals surface area contributed by atoms with Crippen molar-refractivity contribution in [1.29, 1.82) is 0 Å². The van der Waals surface area contributed by atoms with Crippen LogP contribution in [0.5, 0.6) is 0 Å². The lowest BCUT2D eigenvalue weighted by Crippen LogP contribution is -2.07. The van der Waals surface area contributed by atoms with Crippen LogP contribution in [0.2, 0.25) is 0 Å². The van der Waals surface area contributed by atoms with Crippen LogP contribution in [0.25, 0.3) is 0 Å². The second kappa shape index (κ2) is 4.69. The Balaban J connectivity index is 1.88. The van der Waals surface area contributed by atoms with Crippen LogP contribution in [0.1, 0.15) is 40.7 Å². The van der Waals surface area contributed by atoms with Gasteiger partial charge in [-0.25, -0.2) is 4.79 Å². The zero-order chi connectivity index (χ0) is 11.5. The zero-order valence-corrected chi connectivity index (χ0v) is 9.95. The predicted molar refractivity (Wildman–Crippen MR) is 63.5 cm³/mol. The van der Waals surface area contributed by atoms with Crippen molar-refractivity contribution >= 4 is 5.97 Å². The average Bonchev–Trinajstić information content (AvgIpc) is 3.06. The summed E-state index contributed by atoms with van der Waals surface area (Å²) in [5.41, 5.74) is 3.00. The Labute approximate surface area is 96.6 Å². The molecule has 0 N–H and O–H groups in total. The maximum atomic E-state index is 11.7. The minimum atomic E-state index is -0.191. The van der Waals surface area contributed by atoms with E-state index in [0.29, 0.717) is 12.2 Å². The van der Waals surface area contributed by atoms with Crippen LogP contribution < -0.4 is 0 Å². The van der Waals surface area contributed by atoms with Crippen molar-refractivity contribution in [2.45, 2.75) is 33.1 Å². The average molecular weight is 218 g/mol. The number of esters is 1. The second-order valence-electron chi connectivity index (χ2n) is 4.67. The molecule has 1 aliphatic carbocycles. The third-order valence-corrected chi connectivity index (χ3v) is 3.20. The van der Waals surface area contributed by atoms with E-state index in [1.807, 2.05) is 32.0 Å². The van der Waals surface area contributed by atoms with Crippen molar-refractivity contribution in [1.82, 2.24) is 0 Å². The molecule has 16 heavy (non-hydrogen) atoms. The molecule has 0 heterocycles. The summed E-state index contributed by atoms with van der Waals surface area (Å²) in [7, 11) is 0. The second-order valence-corrected chi connectivity index (χ2v) is 4.67. The highest BCUT2D eigenvalue weighted by Gasteiger charge is 2.21. The first-order valence-corrected chi connectivity index (χ1v) is 5.91. The van der Waals surface area contributed by atoms with Gasteiger partial charge in [0.2, 0.25) is 0 Å². The topological polar surface area (TPSA) is 26.3 Å². The van der Waals surface area contributed by atoms with Crippen LogP contribution in [0, 0.1) is 19.8 Å². The number of carbonyl (C=O) groups excluding carboxylic acids is 1. The Morgan fingerprint density at radius 1 is 1.31 bits per heavy atom. The molecule has 0 spiro atoms. The minimum absolute atomic E-state index is 0.191. The summed E-state index contributed by atoms with van der Waals surface area (Å²) in [6.07, 6.45) is 3.64. The van der Waals surface area contributed by atoms with E-state index >= 15 is 0 Å². The molecule has 2 nitrogen and oxygen atoms in total. The molecule has 0 bridgehead atoms. The van der Waals surface area contributed by atoms with Gasteiger partial charge in [0.05, 0.1) is 12.2 Å². The minimum Gasteiger partial charge on any atom is -0.462 e. The van der Waals surface area contributed by atoms with Crippen molar-refractivity contribution in [2.75, 3.05) is 6.61 Å². The Bertz CT molecular complexity index is 392. The molecule has 0 aromatic heterocycles. The van der Waals surface area contributed by atoms with E-state index in [2.05, 4.69) is 0 Å². The first-order chi connectivity index (χ1) is 7.66. The first kappa shape index (κ1) is 11.2. The number of benzene rings is 1. The van der Waals surface area contributed by atoms with Crippen molar-refractivity contribution in [2.24, 2.45) is 5.92 Å². The van der Waals surface area contributed by atoms with E-state index in [1.165, 1.54) is 18.4 Å². The lowest BCUT2D eigenvalue weighted by atomic mass is 10.1. The van der Waals surface area contributed by atoms with E-state index in [1.54, 1.807) is 0 Å². The Hall–Kier alpha value is -1.31. The number of hydrogen-bond acceptors (Lipinski definition) is 2. The van der Waals surface area contributed by atoms with Crippen molar-refractivity contribution in [3.8, 4) is 0 Å². The summed E-state index contributed by atoms with van der Waals surface area (Å²) in [6.45, 7) is 4.62. The van der Waals surface area contributed by atoms with E-state index < -0.39 is 0 Å². The third kappa shape index (κ3) is 2.84. The van der Waals surface area contributed by atoms with Gasteiger partial charge >= 0.3 is 5.97 Å². The van der Waals surface area contributed by atoms with Gasteiger partial charge in [-0.1, -0.05) is 18.9 Å². The largest absolute Gasteiger partial charge is 0.462 e. The molecule has 0 amide bonds. The predicted octanol–water partition coefficient (Wildman–Crippen LogP) is 3.26. The molecule has 0 aliphatic heterocycles. The lowest BCUT2D eigenvalue weighted by Gasteiger charge is -2.06. The fourth-order valence-corrected chi connectivity index (χ4v) is 1.68. The van der Waals surface area contributed by atoms with E-state index in [9.17, 15) is 4.79 Å². The van der Waals surface area contributed by atoms with Crippen molar-refractivity contribution < 1.29 is 9.53 Å². The maximum absolute atomic E-state index is 11.7. The van der Waals surface area contributed by atoms with Gasteiger partial charge in [-0.15, -0.1) is 0 Å². The highest BCUT2D eigenvalue weighted by Crippen LogP contribution is 2.32. The van der Waals surface area contributed by atoms with Crippen molar-refractivity contribution in [3.05, 3.63) is 34.9 Å². The summed E-state index contributed by atoms with van der Waals surface area (Å²) in [5.74, 6) is 0.622. The smallest absolute Gasteiger partial charge is 0.338 e. The Kier molecular flexibility index (Phi) is 3.28. The maximum Gasteiger partial charge on any atom is 0.338 e. The number of rotatable bonds is 4. The van der Waals surface area contributed by atoms with Gasteiger partial charge < -0.3 is 4.74 Å². The molecular formula is C14H18O2. The van der Waals surface area contributed by atoms with Crippen LogP contribution in [0.3, 0.4) is 0 Å². The van der Waals surface area contributed by atoms with E-state index in [0.717, 1.165) is 17.9 Å². The monoisotopic (exact) mass is 218 g/mol. The quantitative estimate of drug-likeness (QED) is 0.725. The van der Waals surface area contributed by atoms with Crippen LogP contribution in [0.4, 0.5) is 0 Å². The van der Waals surface area contributed by atoms with Crippen LogP contribution in [-0.2, 0) is 4.74 Å². The molecular weight excluding hydrogens is 200 g/mol. The third-order valence-electron chi connectivity index (χ3n) is 3.20. The van der Waals surface area contributed by atoms with Gasteiger partial charge in [0.15, 0.2) is 0 Å². The summed E-state index contributed by atoms with van der Waals surface area (Å²) in [4.78, 5) is 11.7. The van der Waals surface area contributed by atoms with Crippen LogP contribution in [0.15, 0.2) is 18.2 Å². The fourth-order valence-electron chi connectivity index (χ4n) is 1.68. The van der Waals surface area contributed by atoms with Gasteiger partial charge in [-0.05, 0) is 49.4 Å². The standard InChI is InChI=1S/C14H18O2/c1-10-3-6-13(9-11(10)2)14(15)16-8-7-12-4-5-12/h3,6,9,12H,4-5,7-8H2,1-2H3. The molecule has 1 saturated carbocycles. The molecule has 2 heteroatoms. The van der Waals surface area contributed by atoms with Gasteiger partial charge in [0.1, 0.15) is 0 Å². The number of carbonyl (C=O) groups is 1. The Morgan fingerprint density at radius 2 is 2.06 bits per heavy atom. The Morgan fingerprint density at radius 3 is 2.69 bits per heavy atom. The molecule has 1 fully saturated rings. The number of ether oxygens (including phenoxy) is 1. The number of hydrogen-bond donors (Lipinski definition) is 0. The van der Waals surface area contributed by atoms with Gasteiger partial charge in [-0.3, -0.25) is 0 Å². The molecule has 0 atom stereocenters. The molecule has 0 saturated heterocycles. The molecule has 2 rings (SSSR count). The highest BCUT2D eigenvalue weighted by atomic mass is 16.5. The zero-order valence-electron chi connectivity index (χ0n) is 9.95.